The third kappa shape index (κ3) is 3.57. The van der Waals surface area contributed by atoms with Gasteiger partial charge in [-0.25, -0.2) is 0 Å². The van der Waals surface area contributed by atoms with Gasteiger partial charge in [0, 0.05) is 12.8 Å². The van der Waals surface area contributed by atoms with Crippen LogP contribution in [0.25, 0.3) is 0 Å². The van der Waals surface area contributed by atoms with E-state index in [1.54, 1.807) is 38.1 Å². The maximum Gasteiger partial charge on any atom is 0.253 e. The number of oxime groups is 1. The van der Waals surface area contributed by atoms with Crippen LogP contribution in [0.2, 0.25) is 0 Å². The Hall–Kier alpha value is -1.88. The van der Waals surface area contributed by atoms with Crippen LogP contribution in [0.1, 0.15) is 19.4 Å². The zero-order valence-corrected chi connectivity index (χ0v) is 10.1. The number of amides is 1. The number of hydrogen-bond acceptors (Lipinski definition) is 4. The molecule has 0 heterocycles. The molecule has 0 spiro atoms. The van der Waals surface area contributed by atoms with Gasteiger partial charge in [-0.05, 0) is 31.5 Å². The number of nitrogens with one attached hydrogen (secondary N) is 1. The molecule has 1 rings (SSSR count). The van der Waals surface area contributed by atoms with Gasteiger partial charge in [-0.15, -0.1) is 0 Å². The van der Waals surface area contributed by atoms with Gasteiger partial charge < -0.3 is 15.3 Å². The van der Waals surface area contributed by atoms with Gasteiger partial charge in [0.15, 0.2) is 0 Å². The van der Waals surface area contributed by atoms with Crippen LogP contribution in [-0.2, 0) is 9.53 Å². The largest absolute Gasteiger partial charge is 0.411 e. The van der Waals surface area contributed by atoms with Gasteiger partial charge in [0.1, 0.15) is 6.10 Å². The molecule has 92 valence electrons. The summed E-state index contributed by atoms with van der Waals surface area (Å²) in [6, 6.07) is 7.01. The zero-order valence-electron chi connectivity index (χ0n) is 10.1. The number of rotatable bonds is 4. The molecule has 0 bridgehead atoms. The first-order valence-corrected chi connectivity index (χ1v) is 5.21. The van der Waals surface area contributed by atoms with E-state index in [4.69, 9.17) is 9.94 Å². The molecule has 5 nitrogen and oxygen atoms in total. The van der Waals surface area contributed by atoms with E-state index in [9.17, 15) is 4.79 Å². The quantitative estimate of drug-likeness (QED) is 0.476. The predicted molar refractivity (Wildman–Crippen MR) is 65.5 cm³/mol. The van der Waals surface area contributed by atoms with Crippen molar-refractivity contribution in [1.82, 2.24) is 0 Å². The number of carbonyl (C=O) groups is 1. The molecule has 1 amide bonds. The topological polar surface area (TPSA) is 70.9 Å². The second-order valence-corrected chi connectivity index (χ2v) is 3.63. The molecule has 0 aliphatic carbocycles. The Labute approximate surface area is 100 Å². The molecule has 0 aliphatic heterocycles. The van der Waals surface area contributed by atoms with Gasteiger partial charge in [0.05, 0.1) is 5.71 Å². The molecule has 0 saturated carbocycles. The summed E-state index contributed by atoms with van der Waals surface area (Å²) in [6.45, 7) is 3.37. The third-order valence-corrected chi connectivity index (χ3v) is 2.44. The van der Waals surface area contributed by atoms with E-state index in [1.807, 2.05) is 0 Å². The fourth-order valence-electron chi connectivity index (χ4n) is 1.20. The Balaban J connectivity index is 2.72. The number of methoxy groups -OCH3 is 1. The molecule has 0 saturated heterocycles. The Morgan fingerprint density at radius 3 is 2.47 bits per heavy atom. The molecule has 2 N–H and O–H groups in total. The highest BCUT2D eigenvalue weighted by atomic mass is 16.5. The molecule has 1 atom stereocenters. The van der Waals surface area contributed by atoms with E-state index >= 15 is 0 Å². The molecule has 0 fully saturated rings. The minimum Gasteiger partial charge on any atom is -0.411 e. The van der Waals surface area contributed by atoms with Crippen molar-refractivity contribution in [2.24, 2.45) is 5.16 Å². The standard InChI is InChI=1S/C12H16N2O3/c1-8(14-16)10-4-6-11(7-5-10)13-12(15)9(2)17-3/h4-7,9,16H,1-3H3,(H,13,15)/b14-8+. The molecular formula is C12H16N2O3. The van der Waals surface area contributed by atoms with Crippen molar-refractivity contribution in [1.29, 1.82) is 0 Å². The number of benzene rings is 1. The average Bonchev–Trinajstić information content (AvgIpc) is 2.37. The summed E-state index contributed by atoms with van der Waals surface area (Å²) in [7, 11) is 1.48. The Morgan fingerprint density at radius 1 is 1.41 bits per heavy atom. The summed E-state index contributed by atoms with van der Waals surface area (Å²) in [5.41, 5.74) is 1.99. The molecule has 1 aromatic rings. The molecular weight excluding hydrogens is 220 g/mol. The summed E-state index contributed by atoms with van der Waals surface area (Å²) in [4.78, 5) is 11.5. The lowest BCUT2D eigenvalue weighted by Gasteiger charge is -2.10. The van der Waals surface area contributed by atoms with Crippen LogP contribution in [0.3, 0.4) is 0 Å². The van der Waals surface area contributed by atoms with Crippen molar-refractivity contribution in [3.8, 4) is 0 Å². The smallest absolute Gasteiger partial charge is 0.253 e. The number of anilines is 1. The number of nitrogens with zero attached hydrogens (tertiary/aromatic N) is 1. The highest BCUT2D eigenvalue weighted by Gasteiger charge is 2.11. The maximum atomic E-state index is 11.5. The Bertz CT molecular complexity index is 412. The minimum absolute atomic E-state index is 0.201. The highest BCUT2D eigenvalue weighted by Crippen LogP contribution is 2.11. The van der Waals surface area contributed by atoms with Crippen molar-refractivity contribution < 1.29 is 14.7 Å². The van der Waals surface area contributed by atoms with E-state index in [2.05, 4.69) is 10.5 Å². The predicted octanol–water partition coefficient (Wildman–Crippen LogP) is 1.86. The fourth-order valence-corrected chi connectivity index (χ4v) is 1.20. The van der Waals surface area contributed by atoms with E-state index in [-0.39, 0.29) is 5.91 Å². The van der Waals surface area contributed by atoms with Crippen LogP contribution in [0.4, 0.5) is 5.69 Å². The normalized spacial score (nSPS) is 13.2. The summed E-state index contributed by atoms with van der Waals surface area (Å²) in [5.74, 6) is -0.201. The van der Waals surface area contributed by atoms with Gasteiger partial charge in [-0.2, -0.15) is 0 Å². The van der Waals surface area contributed by atoms with Crippen LogP contribution >= 0.6 is 0 Å². The summed E-state index contributed by atoms with van der Waals surface area (Å²) >= 11 is 0. The average molecular weight is 236 g/mol. The van der Waals surface area contributed by atoms with Crippen molar-refractivity contribution in [2.45, 2.75) is 20.0 Å². The molecule has 5 heteroatoms. The lowest BCUT2D eigenvalue weighted by molar-refractivity contribution is -0.124. The number of ether oxygens (including phenoxy) is 1. The molecule has 17 heavy (non-hydrogen) atoms. The molecule has 1 unspecified atom stereocenters. The van der Waals surface area contributed by atoms with Crippen LogP contribution in [0.15, 0.2) is 29.4 Å². The number of carbonyl (C=O) groups excluding carboxylic acids is 1. The first kappa shape index (κ1) is 13.2. The van der Waals surface area contributed by atoms with Crippen LogP contribution in [0.5, 0.6) is 0 Å². The summed E-state index contributed by atoms with van der Waals surface area (Å²) in [6.07, 6.45) is -0.490. The van der Waals surface area contributed by atoms with Gasteiger partial charge in [-0.3, -0.25) is 4.79 Å². The van der Waals surface area contributed by atoms with Crippen molar-refractivity contribution >= 4 is 17.3 Å². The molecule has 0 aromatic heterocycles. The lowest BCUT2D eigenvalue weighted by Crippen LogP contribution is -2.26. The van der Waals surface area contributed by atoms with E-state index in [0.29, 0.717) is 11.4 Å². The molecule has 1 aromatic carbocycles. The zero-order chi connectivity index (χ0) is 12.8. The first-order valence-electron chi connectivity index (χ1n) is 5.21. The Kier molecular flexibility index (Phi) is 4.66. The van der Waals surface area contributed by atoms with Crippen LogP contribution in [0, 0.1) is 0 Å². The number of hydrogen-bond donors (Lipinski definition) is 2. The highest BCUT2D eigenvalue weighted by molar-refractivity contribution is 5.99. The summed E-state index contributed by atoms with van der Waals surface area (Å²) in [5, 5.41) is 14.4. The first-order chi connectivity index (χ1) is 8.08. The van der Waals surface area contributed by atoms with E-state index < -0.39 is 6.10 Å². The SMILES string of the molecule is COC(C)C(=O)Nc1ccc(/C(C)=N/O)cc1. The van der Waals surface area contributed by atoms with Crippen LogP contribution in [-0.4, -0.2) is 30.0 Å². The van der Waals surface area contributed by atoms with E-state index in [0.717, 1.165) is 5.56 Å². The van der Waals surface area contributed by atoms with Crippen molar-refractivity contribution in [2.75, 3.05) is 12.4 Å². The van der Waals surface area contributed by atoms with Crippen LogP contribution < -0.4 is 5.32 Å². The maximum absolute atomic E-state index is 11.5. The third-order valence-electron chi connectivity index (χ3n) is 2.44. The van der Waals surface area contributed by atoms with Gasteiger partial charge >= 0.3 is 0 Å². The fraction of sp³-hybridized carbons (Fsp3) is 0.333. The van der Waals surface area contributed by atoms with Gasteiger partial charge in [0.25, 0.3) is 5.91 Å². The minimum atomic E-state index is -0.490. The van der Waals surface area contributed by atoms with Crippen molar-refractivity contribution in [3.63, 3.8) is 0 Å². The summed E-state index contributed by atoms with van der Waals surface area (Å²) < 4.78 is 4.90. The van der Waals surface area contributed by atoms with Gasteiger partial charge in [0.2, 0.25) is 0 Å². The van der Waals surface area contributed by atoms with Crippen molar-refractivity contribution in [3.05, 3.63) is 29.8 Å². The second-order valence-electron chi connectivity index (χ2n) is 3.63. The molecule has 0 aliphatic rings. The monoisotopic (exact) mass is 236 g/mol. The second kappa shape index (κ2) is 6.00. The lowest BCUT2D eigenvalue weighted by atomic mass is 10.1. The Morgan fingerprint density at radius 2 is 2.00 bits per heavy atom. The van der Waals surface area contributed by atoms with Gasteiger partial charge in [-0.1, -0.05) is 17.3 Å². The molecule has 0 radical (unpaired) electrons. The van der Waals surface area contributed by atoms with E-state index in [1.165, 1.54) is 7.11 Å².